The van der Waals surface area contributed by atoms with Gasteiger partial charge in [-0.05, 0) is 22.6 Å². The van der Waals surface area contributed by atoms with Crippen molar-refractivity contribution in [3.05, 3.63) is 108 Å². The van der Waals surface area contributed by atoms with E-state index in [1.807, 2.05) is 0 Å². The molecule has 107 valence electrons. The Balaban J connectivity index is 1.71. The topological polar surface area (TPSA) is 0 Å². The minimum absolute atomic E-state index is 0.221. The van der Waals surface area contributed by atoms with Crippen molar-refractivity contribution in [1.29, 1.82) is 0 Å². The van der Waals surface area contributed by atoms with Gasteiger partial charge >= 0.3 is 0 Å². The molecule has 3 atom stereocenters. The summed E-state index contributed by atoms with van der Waals surface area (Å²) in [4.78, 5) is 0. The first-order valence-corrected chi connectivity index (χ1v) is 9.20. The summed E-state index contributed by atoms with van der Waals surface area (Å²) in [7, 11) is -0.221. The van der Waals surface area contributed by atoms with E-state index in [4.69, 9.17) is 0 Å². The summed E-state index contributed by atoms with van der Waals surface area (Å²) < 4.78 is 0. The smallest absolute Gasteiger partial charge is 0.0160 e. The van der Waals surface area contributed by atoms with E-state index in [9.17, 15) is 0 Å². The molecule has 3 unspecified atom stereocenters. The van der Waals surface area contributed by atoms with E-state index in [2.05, 4.69) is 97.2 Å². The molecule has 1 heteroatoms. The monoisotopic (exact) mass is 301 g/mol. The van der Waals surface area contributed by atoms with Gasteiger partial charge in [-0.1, -0.05) is 98.9 Å². The maximum atomic E-state index is 2.57. The van der Waals surface area contributed by atoms with Crippen LogP contribution in [-0.4, -0.2) is 0 Å². The van der Waals surface area contributed by atoms with E-state index >= 15 is 0 Å². The van der Waals surface area contributed by atoms with Crippen LogP contribution < -0.4 is 5.30 Å². The van der Waals surface area contributed by atoms with Gasteiger partial charge in [0.15, 0.2) is 0 Å². The fraction of sp³-hybridized carbons (Fsp3) is 0.0952. The second-order valence-corrected chi connectivity index (χ2v) is 7.87. The Kier molecular flexibility index (Phi) is 3.79. The zero-order valence-electron chi connectivity index (χ0n) is 12.3. The number of rotatable bonds is 3. The number of hydrogen-bond acceptors (Lipinski definition) is 0. The summed E-state index contributed by atoms with van der Waals surface area (Å²) in [5.41, 5.74) is 3.50. The average Bonchev–Trinajstić information content (AvgIpc) is 2.57. The third-order valence-corrected chi connectivity index (χ3v) is 7.10. The molecule has 0 spiro atoms. The highest BCUT2D eigenvalue weighted by atomic mass is 31.1. The third kappa shape index (κ3) is 2.49. The van der Waals surface area contributed by atoms with Crippen molar-refractivity contribution >= 4 is 13.2 Å². The van der Waals surface area contributed by atoms with Crippen LogP contribution in [0.3, 0.4) is 0 Å². The SMILES string of the molecule is [CH]1C(c2ccccc2)C(c2ccccc2)P1c1ccccc1. The molecular weight excluding hydrogens is 283 g/mol. The normalized spacial score (nSPS) is 23.7. The number of hydrogen-bond donors (Lipinski definition) is 0. The molecule has 0 amide bonds. The van der Waals surface area contributed by atoms with E-state index in [1.54, 1.807) is 0 Å². The second-order valence-electron chi connectivity index (χ2n) is 5.68. The fourth-order valence-electron chi connectivity index (χ4n) is 3.23. The van der Waals surface area contributed by atoms with Crippen molar-refractivity contribution in [3.63, 3.8) is 0 Å². The molecule has 1 aliphatic heterocycles. The van der Waals surface area contributed by atoms with Gasteiger partial charge in [-0.25, -0.2) is 0 Å². The van der Waals surface area contributed by atoms with Crippen LogP contribution in [0.15, 0.2) is 91.0 Å². The van der Waals surface area contributed by atoms with Gasteiger partial charge in [-0.3, -0.25) is 0 Å². The minimum Gasteiger partial charge on any atom is -0.0625 e. The summed E-state index contributed by atoms with van der Waals surface area (Å²) in [5, 5.41) is 1.48. The summed E-state index contributed by atoms with van der Waals surface area (Å²) >= 11 is 0. The standard InChI is InChI=1S/C21H18P/c1-4-10-17(11-5-1)20-16-22(19-14-8-3-9-15-19)21(20)18-12-6-2-7-13-18/h1-16,20-21H. The van der Waals surface area contributed by atoms with E-state index in [-0.39, 0.29) is 7.92 Å². The maximum absolute atomic E-state index is 2.57. The molecule has 1 fully saturated rings. The zero-order valence-corrected chi connectivity index (χ0v) is 13.2. The summed E-state index contributed by atoms with van der Waals surface area (Å²) in [5.74, 6) is 0.537. The van der Waals surface area contributed by atoms with Crippen LogP contribution in [0.1, 0.15) is 22.7 Å². The lowest BCUT2D eigenvalue weighted by Crippen LogP contribution is -2.25. The van der Waals surface area contributed by atoms with E-state index < -0.39 is 0 Å². The van der Waals surface area contributed by atoms with Gasteiger partial charge in [0.2, 0.25) is 0 Å². The summed E-state index contributed by atoms with van der Waals surface area (Å²) in [6, 6.07) is 32.9. The van der Waals surface area contributed by atoms with Crippen LogP contribution in [0.2, 0.25) is 0 Å². The molecule has 1 radical (unpaired) electrons. The van der Waals surface area contributed by atoms with Gasteiger partial charge in [0, 0.05) is 11.6 Å². The van der Waals surface area contributed by atoms with E-state index in [1.165, 1.54) is 16.4 Å². The van der Waals surface area contributed by atoms with Crippen LogP contribution >= 0.6 is 7.92 Å². The predicted octanol–water partition coefficient (Wildman–Crippen LogP) is 5.49. The molecule has 1 heterocycles. The molecule has 0 aliphatic carbocycles. The van der Waals surface area contributed by atoms with Crippen molar-refractivity contribution in [3.8, 4) is 0 Å². The molecule has 1 saturated heterocycles. The lowest BCUT2D eigenvalue weighted by Gasteiger charge is -2.46. The van der Waals surface area contributed by atoms with Gasteiger partial charge in [-0.2, -0.15) is 0 Å². The fourth-order valence-corrected chi connectivity index (χ4v) is 5.91. The van der Waals surface area contributed by atoms with Crippen molar-refractivity contribution in [2.75, 3.05) is 0 Å². The Labute approximate surface area is 133 Å². The van der Waals surface area contributed by atoms with Gasteiger partial charge < -0.3 is 0 Å². The highest BCUT2D eigenvalue weighted by Gasteiger charge is 2.43. The molecule has 1 aliphatic rings. The molecule has 3 aromatic carbocycles. The summed E-state index contributed by atoms with van der Waals surface area (Å²) in [6.45, 7) is 0. The van der Waals surface area contributed by atoms with Crippen molar-refractivity contribution < 1.29 is 0 Å². The van der Waals surface area contributed by atoms with Gasteiger partial charge in [0.05, 0.1) is 0 Å². The molecule has 0 bridgehead atoms. The van der Waals surface area contributed by atoms with Gasteiger partial charge in [0.1, 0.15) is 0 Å². The average molecular weight is 301 g/mol. The first-order valence-electron chi connectivity index (χ1n) is 7.72. The third-order valence-electron chi connectivity index (χ3n) is 4.34. The molecule has 0 saturated carbocycles. The van der Waals surface area contributed by atoms with Crippen LogP contribution in [0.25, 0.3) is 0 Å². The summed E-state index contributed by atoms with van der Waals surface area (Å²) in [6.07, 6.45) is 2.57. The van der Waals surface area contributed by atoms with E-state index in [0.717, 1.165) is 0 Å². The minimum atomic E-state index is -0.221. The maximum Gasteiger partial charge on any atom is 0.0160 e. The Morgan fingerprint density at radius 2 is 1.05 bits per heavy atom. The lowest BCUT2D eigenvalue weighted by molar-refractivity contribution is 0.739. The van der Waals surface area contributed by atoms with Crippen molar-refractivity contribution in [1.82, 2.24) is 0 Å². The zero-order chi connectivity index (χ0) is 14.8. The van der Waals surface area contributed by atoms with Crippen LogP contribution in [0, 0.1) is 6.16 Å². The van der Waals surface area contributed by atoms with Gasteiger partial charge in [-0.15, -0.1) is 0 Å². The molecule has 0 nitrogen and oxygen atoms in total. The second kappa shape index (κ2) is 6.07. The first-order chi connectivity index (χ1) is 10.9. The lowest BCUT2D eigenvalue weighted by atomic mass is 9.92. The van der Waals surface area contributed by atoms with Gasteiger partial charge in [0.25, 0.3) is 0 Å². The Morgan fingerprint density at radius 3 is 1.64 bits per heavy atom. The molecule has 4 rings (SSSR count). The molecule has 3 aromatic rings. The van der Waals surface area contributed by atoms with Crippen LogP contribution in [0.4, 0.5) is 0 Å². The van der Waals surface area contributed by atoms with Crippen molar-refractivity contribution in [2.45, 2.75) is 11.6 Å². The predicted molar refractivity (Wildman–Crippen MR) is 95.7 cm³/mol. The molecule has 0 aromatic heterocycles. The van der Waals surface area contributed by atoms with E-state index in [0.29, 0.717) is 11.6 Å². The number of benzene rings is 3. The largest absolute Gasteiger partial charge is 0.0625 e. The van der Waals surface area contributed by atoms with Crippen LogP contribution in [0.5, 0.6) is 0 Å². The van der Waals surface area contributed by atoms with Crippen LogP contribution in [-0.2, 0) is 0 Å². The first kappa shape index (κ1) is 13.7. The molecular formula is C21H18P. The molecule has 22 heavy (non-hydrogen) atoms. The Hall–Kier alpha value is -1.91. The Bertz CT molecular complexity index is 676. The highest BCUT2D eigenvalue weighted by Crippen LogP contribution is 2.71. The molecule has 0 N–H and O–H groups in total. The van der Waals surface area contributed by atoms with Crippen molar-refractivity contribution in [2.24, 2.45) is 0 Å². The highest BCUT2D eigenvalue weighted by molar-refractivity contribution is 7.69. The Morgan fingerprint density at radius 1 is 0.545 bits per heavy atom. The quantitative estimate of drug-likeness (QED) is 0.561.